The molecule has 2 N–H and O–H groups in total. The van der Waals surface area contributed by atoms with Gasteiger partial charge in [-0.1, -0.05) is 19.4 Å². The second kappa shape index (κ2) is 5.91. The molecule has 120 valence electrons. The molecule has 1 aromatic rings. The van der Waals surface area contributed by atoms with Crippen LogP contribution in [0.4, 0.5) is 5.69 Å². The van der Waals surface area contributed by atoms with Gasteiger partial charge in [0.05, 0.1) is 10.6 Å². The summed E-state index contributed by atoms with van der Waals surface area (Å²) in [6, 6.07) is 3.88. The molecule has 5 nitrogen and oxygen atoms in total. The molecule has 3 rings (SSSR count). The van der Waals surface area contributed by atoms with Crippen molar-refractivity contribution in [3.63, 3.8) is 0 Å². The average Bonchev–Trinajstić information content (AvgIpc) is 2.93. The number of carbonyl (C=O) groups is 1. The molecule has 0 aromatic heterocycles. The number of carbonyl (C=O) groups excluding carboxylic acids is 1. The van der Waals surface area contributed by atoms with Crippen molar-refractivity contribution in [1.29, 1.82) is 0 Å². The molecule has 0 saturated carbocycles. The van der Waals surface area contributed by atoms with E-state index in [0.717, 1.165) is 43.4 Å². The summed E-state index contributed by atoms with van der Waals surface area (Å²) in [4.78, 5) is 12.2. The van der Waals surface area contributed by atoms with E-state index in [1.54, 1.807) is 6.07 Å². The highest BCUT2D eigenvalue weighted by Gasteiger charge is 2.39. The minimum absolute atomic E-state index is 0.315. The van der Waals surface area contributed by atoms with Crippen molar-refractivity contribution in [3.05, 3.63) is 23.3 Å². The van der Waals surface area contributed by atoms with Crippen molar-refractivity contribution in [3.8, 4) is 0 Å². The number of aryl methyl sites for hydroxylation is 2. The zero-order valence-corrected chi connectivity index (χ0v) is 13.6. The van der Waals surface area contributed by atoms with Gasteiger partial charge in [-0.15, -0.1) is 0 Å². The van der Waals surface area contributed by atoms with E-state index in [1.807, 2.05) is 0 Å². The number of amides is 1. The van der Waals surface area contributed by atoms with Gasteiger partial charge in [0, 0.05) is 13.1 Å². The lowest BCUT2D eigenvalue weighted by atomic mass is 9.99. The van der Waals surface area contributed by atoms with E-state index in [9.17, 15) is 13.2 Å². The Labute approximate surface area is 131 Å². The molecule has 2 aliphatic heterocycles. The topological polar surface area (TPSA) is 75.3 Å². The first kappa shape index (κ1) is 15.3. The number of fused-ring (bicyclic) bond motifs is 1. The average molecular weight is 322 g/mol. The van der Waals surface area contributed by atoms with E-state index in [0.29, 0.717) is 23.5 Å². The van der Waals surface area contributed by atoms with Gasteiger partial charge in [0.1, 0.15) is 5.25 Å². The molecule has 2 heterocycles. The number of nitrogens with one attached hydrogen (secondary N) is 2. The highest BCUT2D eigenvalue weighted by molar-refractivity contribution is 7.93. The van der Waals surface area contributed by atoms with Gasteiger partial charge in [0.2, 0.25) is 5.91 Å². The Kier molecular flexibility index (Phi) is 4.12. The van der Waals surface area contributed by atoms with Crippen LogP contribution in [0.5, 0.6) is 0 Å². The quantitative estimate of drug-likeness (QED) is 0.884. The van der Waals surface area contributed by atoms with E-state index in [1.165, 1.54) is 0 Å². The second-order valence-electron chi connectivity index (χ2n) is 6.02. The largest absolute Gasteiger partial charge is 0.384 e. The summed E-state index contributed by atoms with van der Waals surface area (Å²) in [5.41, 5.74) is 2.82. The fraction of sp³-hybridized carbons (Fsp3) is 0.562. The third-order valence-corrected chi connectivity index (χ3v) is 6.52. The van der Waals surface area contributed by atoms with Crippen LogP contribution in [0.25, 0.3) is 0 Å². The standard InChI is InChI=1S/C16H22N2O3S/c1-2-4-11-9-12-5-3-7-17-15(12)14(10-11)22(20,21)13-6-8-18-16(13)19/h9-10,13,17H,2-8H2,1H3,(H,18,19). The molecule has 1 fully saturated rings. The number of benzene rings is 1. The summed E-state index contributed by atoms with van der Waals surface area (Å²) in [6.07, 6.45) is 4.07. The molecule has 0 aliphatic carbocycles. The summed E-state index contributed by atoms with van der Waals surface area (Å²) in [7, 11) is -3.64. The molecular weight excluding hydrogens is 300 g/mol. The van der Waals surface area contributed by atoms with Crippen LogP contribution in [-0.4, -0.2) is 32.7 Å². The third-order valence-electron chi connectivity index (χ3n) is 4.39. The highest BCUT2D eigenvalue weighted by atomic mass is 32.2. The van der Waals surface area contributed by atoms with Crippen LogP contribution >= 0.6 is 0 Å². The first-order valence-electron chi connectivity index (χ1n) is 7.95. The Bertz CT molecular complexity index is 698. The molecule has 1 amide bonds. The number of hydrogen-bond donors (Lipinski definition) is 2. The molecule has 6 heteroatoms. The normalized spacial score (nSPS) is 21.1. The molecule has 1 aromatic carbocycles. The summed E-state index contributed by atoms with van der Waals surface area (Å²) in [6.45, 7) is 3.29. The summed E-state index contributed by atoms with van der Waals surface area (Å²) in [5.74, 6) is -0.370. The lowest BCUT2D eigenvalue weighted by Crippen LogP contribution is -2.31. The van der Waals surface area contributed by atoms with E-state index < -0.39 is 15.1 Å². The maximum absolute atomic E-state index is 13.0. The van der Waals surface area contributed by atoms with E-state index in [4.69, 9.17) is 0 Å². The van der Waals surface area contributed by atoms with Crippen LogP contribution in [0.1, 0.15) is 37.3 Å². The predicted octanol–water partition coefficient (Wildman–Crippen LogP) is 1.66. The molecule has 1 saturated heterocycles. The molecule has 0 spiro atoms. The van der Waals surface area contributed by atoms with Crippen LogP contribution in [0.3, 0.4) is 0 Å². The molecule has 1 atom stereocenters. The molecule has 2 aliphatic rings. The SMILES string of the molecule is CCCc1cc2c(c(S(=O)(=O)C3CCNC3=O)c1)NCCC2. The Hall–Kier alpha value is -1.56. The number of hydrogen-bond acceptors (Lipinski definition) is 4. The van der Waals surface area contributed by atoms with Gasteiger partial charge in [0.15, 0.2) is 9.84 Å². The van der Waals surface area contributed by atoms with Crippen molar-refractivity contribution in [2.75, 3.05) is 18.4 Å². The lowest BCUT2D eigenvalue weighted by molar-refractivity contribution is -0.118. The van der Waals surface area contributed by atoms with Crippen molar-refractivity contribution in [1.82, 2.24) is 5.32 Å². The summed E-state index contributed by atoms with van der Waals surface area (Å²) in [5, 5.41) is 4.91. The number of anilines is 1. The first-order chi connectivity index (χ1) is 10.5. The van der Waals surface area contributed by atoms with Crippen LogP contribution < -0.4 is 10.6 Å². The number of sulfone groups is 1. The smallest absolute Gasteiger partial charge is 0.238 e. The van der Waals surface area contributed by atoms with Crippen molar-refractivity contribution in [2.24, 2.45) is 0 Å². The van der Waals surface area contributed by atoms with Crippen molar-refractivity contribution >= 4 is 21.4 Å². The Morgan fingerprint density at radius 1 is 1.23 bits per heavy atom. The third kappa shape index (κ3) is 2.60. The van der Waals surface area contributed by atoms with Crippen molar-refractivity contribution in [2.45, 2.75) is 49.2 Å². The maximum Gasteiger partial charge on any atom is 0.238 e. The minimum atomic E-state index is -3.64. The molecule has 1 unspecified atom stereocenters. The molecular formula is C16H22N2O3S. The van der Waals surface area contributed by atoms with Crippen LogP contribution in [0, 0.1) is 0 Å². The van der Waals surface area contributed by atoms with Gasteiger partial charge in [-0.25, -0.2) is 8.42 Å². The van der Waals surface area contributed by atoms with E-state index in [-0.39, 0.29) is 5.91 Å². The Balaban J connectivity index is 2.12. The molecule has 22 heavy (non-hydrogen) atoms. The monoisotopic (exact) mass is 322 g/mol. The zero-order chi connectivity index (χ0) is 15.7. The Morgan fingerprint density at radius 3 is 2.73 bits per heavy atom. The molecule has 0 bridgehead atoms. The van der Waals surface area contributed by atoms with Gasteiger partial charge < -0.3 is 10.6 Å². The van der Waals surface area contributed by atoms with Gasteiger partial charge >= 0.3 is 0 Å². The van der Waals surface area contributed by atoms with E-state index >= 15 is 0 Å². The van der Waals surface area contributed by atoms with Crippen molar-refractivity contribution < 1.29 is 13.2 Å². The zero-order valence-electron chi connectivity index (χ0n) is 12.8. The second-order valence-corrected chi connectivity index (χ2v) is 8.12. The fourth-order valence-corrected chi connectivity index (χ4v) is 5.21. The van der Waals surface area contributed by atoms with Gasteiger partial charge in [0.25, 0.3) is 0 Å². The van der Waals surface area contributed by atoms with Gasteiger partial charge in [-0.2, -0.15) is 0 Å². The van der Waals surface area contributed by atoms with Crippen LogP contribution in [-0.2, 0) is 27.5 Å². The van der Waals surface area contributed by atoms with E-state index in [2.05, 4.69) is 23.6 Å². The summed E-state index contributed by atoms with van der Waals surface area (Å²) >= 11 is 0. The minimum Gasteiger partial charge on any atom is -0.384 e. The first-order valence-corrected chi connectivity index (χ1v) is 9.50. The van der Waals surface area contributed by atoms with Crippen LogP contribution in [0.15, 0.2) is 17.0 Å². The summed E-state index contributed by atoms with van der Waals surface area (Å²) < 4.78 is 25.9. The maximum atomic E-state index is 13.0. The highest BCUT2D eigenvalue weighted by Crippen LogP contribution is 2.34. The number of rotatable bonds is 4. The van der Waals surface area contributed by atoms with Gasteiger partial charge in [-0.3, -0.25) is 4.79 Å². The lowest BCUT2D eigenvalue weighted by Gasteiger charge is -2.23. The Morgan fingerprint density at radius 2 is 2.05 bits per heavy atom. The fourth-order valence-electron chi connectivity index (χ4n) is 3.30. The molecule has 0 radical (unpaired) electrons. The van der Waals surface area contributed by atoms with Crippen LogP contribution in [0.2, 0.25) is 0 Å². The predicted molar refractivity (Wildman–Crippen MR) is 85.8 cm³/mol. The van der Waals surface area contributed by atoms with Gasteiger partial charge in [-0.05, 0) is 42.9 Å².